The summed E-state index contributed by atoms with van der Waals surface area (Å²) in [7, 11) is 1.30. The van der Waals surface area contributed by atoms with E-state index in [0.717, 1.165) is 11.3 Å². The molecule has 3 aromatic rings. The maximum Gasteiger partial charge on any atom is 0.387 e. The zero-order chi connectivity index (χ0) is 18.8. The van der Waals surface area contributed by atoms with E-state index in [2.05, 4.69) is 25.0 Å². The number of fused-ring (bicyclic) bond motifs is 1. The number of anilines is 1. The number of nitrogens with zero attached hydrogens (tertiary/aromatic N) is 2. The molecule has 0 saturated carbocycles. The highest BCUT2D eigenvalue weighted by Gasteiger charge is 2.17. The van der Waals surface area contributed by atoms with E-state index in [4.69, 9.17) is 4.74 Å². The average molecular weight is 362 g/mol. The number of benzene rings is 1. The fourth-order valence-corrected chi connectivity index (χ4v) is 2.57. The van der Waals surface area contributed by atoms with Crippen LogP contribution in [0.5, 0.6) is 11.5 Å². The summed E-state index contributed by atoms with van der Waals surface area (Å²) < 4.78 is 34.2. The van der Waals surface area contributed by atoms with Crippen molar-refractivity contribution >= 4 is 22.8 Å². The van der Waals surface area contributed by atoms with Crippen LogP contribution in [0.2, 0.25) is 0 Å². The number of carbonyl (C=O) groups is 1. The second-order valence-corrected chi connectivity index (χ2v) is 5.52. The van der Waals surface area contributed by atoms with Crippen LogP contribution >= 0.6 is 0 Å². The van der Waals surface area contributed by atoms with E-state index in [1.165, 1.54) is 31.6 Å². The number of alkyl halides is 2. The van der Waals surface area contributed by atoms with Crippen LogP contribution in [0, 0.1) is 13.8 Å². The molecule has 136 valence electrons. The van der Waals surface area contributed by atoms with Gasteiger partial charge in [-0.3, -0.25) is 4.79 Å². The first-order valence-corrected chi connectivity index (χ1v) is 7.64. The van der Waals surface area contributed by atoms with Crippen LogP contribution in [-0.2, 0) is 0 Å². The van der Waals surface area contributed by atoms with Gasteiger partial charge in [0.25, 0.3) is 5.91 Å². The van der Waals surface area contributed by atoms with Gasteiger partial charge in [0.15, 0.2) is 11.5 Å². The molecular formula is C17H16F2N4O3. The minimum absolute atomic E-state index is 0.0273. The Labute approximate surface area is 147 Å². The second-order valence-electron chi connectivity index (χ2n) is 5.52. The summed E-state index contributed by atoms with van der Waals surface area (Å²) in [5.74, 6) is -0.237. The van der Waals surface area contributed by atoms with E-state index >= 15 is 0 Å². The number of nitrogens with one attached hydrogen (secondary N) is 2. The summed E-state index contributed by atoms with van der Waals surface area (Å²) in [6.07, 6.45) is 1.34. The number of ether oxygens (including phenoxy) is 2. The fourth-order valence-electron chi connectivity index (χ4n) is 2.57. The molecule has 0 saturated heterocycles. The topological polar surface area (TPSA) is 89.1 Å². The maximum atomic E-state index is 12.6. The lowest BCUT2D eigenvalue weighted by Crippen LogP contribution is -2.14. The molecule has 0 unspecified atom stereocenters. The zero-order valence-electron chi connectivity index (χ0n) is 14.3. The van der Waals surface area contributed by atoms with Crippen molar-refractivity contribution in [1.29, 1.82) is 0 Å². The highest BCUT2D eigenvalue weighted by Crippen LogP contribution is 2.30. The Balaban J connectivity index is 1.91. The number of hydrogen-bond acceptors (Lipinski definition) is 5. The Morgan fingerprint density at radius 3 is 2.69 bits per heavy atom. The Morgan fingerprint density at radius 1 is 1.23 bits per heavy atom. The third-order valence-electron chi connectivity index (χ3n) is 3.96. The van der Waals surface area contributed by atoms with Gasteiger partial charge in [0.2, 0.25) is 0 Å². The third kappa shape index (κ3) is 3.28. The molecule has 1 aromatic carbocycles. The van der Waals surface area contributed by atoms with E-state index in [-0.39, 0.29) is 17.1 Å². The minimum Gasteiger partial charge on any atom is -0.493 e. The molecule has 2 N–H and O–H groups in total. The molecule has 2 aromatic heterocycles. The number of hydrogen-bond donors (Lipinski definition) is 2. The Kier molecular flexibility index (Phi) is 4.70. The van der Waals surface area contributed by atoms with Crippen LogP contribution in [0.1, 0.15) is 21.6 Å². The van der Waals surface area contributed by atoms with Gasteiger partial charge in [-0.1, -0.05) is 0 Å². The van der Waals surface area contributed by atoms with Gasteiger partial charge in [0, 0.05) is 11.3 Å². The van der Waals surface area contributed by atoms with Crippen molar-refractivity contribution in [1.82, 2.24) is 15.0 Å². The van der Waals surface area contributed by atoms with Gasteiger partial charge >= 0.3 is 6.61 Å². The monoisotopic (exact) mass is 362 g/mol. The maximum absolute atomic E-state index is 12.6. The van der Waals surface area contributed by atoms with Gasteiger partial charge in [0.05, 0.1) is 12.5 Å². The summed E-state index contributed by atoms with van der Waals surface area (Å²) in [4.78, 5) is 23.9. The molecule has 0 spiro atoms. The summed E-state index contributed by atoms with van der Waals surface area (Å²) in [5, 5.41) is 3.42. The van der Waals surface area contributed by atoms with E-state index in [9.17, 15) is 13.6 Å². The van der Waals surface area contributed by atoms with E-state index < -0.39 is 12.5 Å². The predicted molar refractivity (Wildman–Crippen MR) is 90.9 cm³/mol. The molecule has 1 amide bonds. The first-order valence-electron chi connectivity index (χ1n) is 7.64. The summed E-state index contributed by atoms with van der Waals surface area (Å²) in [6, 6.07) is 3.94. The van der Waals surface area contributed by atoms with Crippen LogP contribution in [-0.4, -0.2) is 34.6 Å². The summed E-state index contributed by atoms with van der Waals surface area (Å²) in [6.45, 7) is 0.805. The van der Waals surface area contributed by atoms with Gasteiger partial charge in [0.1, 0.15) is 17.8 Å². The largest absolute Gasteiger partial charge is 0.493 e. The molecule has 2 heterocycles. The van der Waals surface area contributed by atoms with Gasteiger partial charge in [-0.25, -0.2) is 9.97 Å². The lowest BCUT2D eigenvalue weighted by molar-refractivity contribution is -0.0512. The van der Waals surface area contributed by atoms with Gasteiger partial charge in [-0.2, -0.15) is 8.78 Å². The van der Waals surface area contributed by atoms with Crippen LogP contribution in [0.4, 0.5) is 14.6 Å². The fraction of sp³-hybridized carbons (Fsp3) is 0.235. The van der Waals surface area contributed by atoms with Crippen molar-refractivity contribution in [2.45, 2.75) is 20.5 Å². The van der Waals surface area contributed by atoms with Crippen LogP contribution < -0.4 is 14.8 Å². The molecule has 0 aliphatic heterocycles. The molecule has 26 heavy (non-hydrogen) atoms. The minimum atomic E-state index is -2.99. The van der Waals surface area contributed by atoms with Crippen LogP contribution in [0.25, 0.3) is 11.0 Å². The smallest absolute Gasteiger partial charge is 0.387 e. The number of methoxy groups -OCH3 is 1. The second kappa shape index (κ2) is 6.95. The van der Waals surface area contributed by atoms with Crippen LogP contribution in [0.3, 0.4) is 0 Å². The number of aromatic nitrogens is 3. The first kappa shape index (κ1) is 17.6. The van der Waals surface area contributed by atoms with Crippen molar-refractivity contribution in [3.8, 4) is 11.5 Å². The predicted octanol–water partition coefficient (Wildman–Crippen LogP) is 3.44. The number of carbonyl (C=O) groups excluding carboxylic acids is 1. The van der Waals surface area contributed by atoms with Crippen molar-refractivity contribution in [2.75, 3.05) is 12.4 Å². The summed E-state index contributed by atoms with van der Waals surface area (Å²) >= 11 is 0. The number of halogens is 2. The van der Waals surface area contributed by atoms with E-state index in [1.54, 1.807) is 0 Å². The molecule has 7 nitrogen and oxygen atoms in total. The van der Waals surface area contributed by atoms with Crippen LogP contribution in [0.15, 0.2) is 24.5 Å². The molecule has 0 fully saturated rings. The first-order chi connectivity index (χ1) is 12.4. The average Bonchev–Trinajstić information content (AvgIpc) is 2.90. The van der Waals surface area contributed by atoms with E-state index in [1.807, 2.05) is 13.8 Å². The molecule has 0 aliphatic carbocycles. The highest BCUT2D eigenvalue weighted by molar-refractivity contribution is 6.08. The van der Waals surface area contributed by atoms with Crippen molar-refractivity contribution < 1.29 is 23.0 Å². The van der Waals surface area contributed by atoms with Crippen molar-refractivity contribution in [3.05, 3.63) is 41.3 Å². The molecule has 0 radical (unpaired) electrons. The molecule has 0 aliphatic rings. The lowest BCUT2D eigenvalue weighted by atomic mass is 10.1. The third-order valence-corrected chi connectivity index (χ3v) is 3.96. The van der Waals surface area contributed by atoms with Gasteiger partial charge in [-0.15, -0.1) is 0 Å². The number of amides is 1. The highest BCUT2D eigenvalue weighted by atomic mass is 19.3. The van der Waals surface area contributed by atoms with Gasteiger partial charge in [-0.05, 0) is 37.6 Å². The SMILES string of the molecule is COc1cc(C(=O)Nc2ncnc3[nH]c(C)c(C)c23)ccc1OC(F)F. The number of H-pyrrole nitrogens is 1. The van der Waals surface area contributed by atoms with Gasteiger partial charge < -0.3 is 19.8 Å². The Morgan fingerprint density at radius 2 is 2.00 bits per heavy atom. The van der Waals surface area contributed by atoms with Crippen molar-refractivity contribution in [3.63, 3.8) is 0 Å². The standard InChI is InChI=1S/C17H16F2N4O3/c1-8-9(2)22-14-13(8)15(21-7-20-14)23-16(24)10-4-5-11(26-17(18)19)12(6-10)25-3/h4-7,17H,1-3H3,(H2,20,21,22,23,24). The quantitative estimate of drug-likeness (QED) is 0.726. The van der Waals surface area contributed by atoms with E-state index in [0.29, 0.717) is 16.9 Å². The molecule has 0 bridgehead atoms. The number of aromatic amines is 1. The molecule has 0 atom stereocenters. The number of aryl methyl sites for hydroxylation is 2. The molecule has 3 rings (SSSR count). The Hall–Kier alpha value is -3.23. The molecular weight excluding hydrogens is 346 g/mol. The normalized spacial score (nSPS) is 11.0. The lowest BCUT2D eigenvalue weighted by Gasteiger charge is -2.11. The summed E-state index contributed by atoms with van der Waals surface area (Å²) in [5.41, 5.74) is 2.67. The zero-order valence-corrected chi connectivity index (χ0v) is 14.3. The Bertz CT molecular complexity index is 972. The number of rotatable bonds is 5. The van der Waals surface area contributed by atoms with Crippen molar-refractivity contribution in [2.24, 2.45) is 0 Å². The molecule has 9 heteroatoms.